The van der Waals surface area contributed by atoms with Crippen molar-refractivity contribution in [3.63, 3.8) is 0 Å². The standard InChI is InChI=1S/C50H46Cl4N6O10S2/c1-23(59(24(2)61)21-28-10-14-30(15-11-28)46(66)57-49-37(45(55)65)33-18-35(51)41(69-26(4)63)39(53)43(33)71-49)20-56-48(68)38-34-19-36(52)42(70-27(5)64)40(54)44(34)72-50(38)58-47(67)31-16-12-29(13-17-31)22-60(25(3)62)32-8-6-7-9-32/h10-19,23,32H,6-9,20-22H2,1-5H3,(H2,55,65)(H,56,68)(H,57,66)(H,58,67). The fourth-order valence-corrected chi connectivity index (χ4v) is 11.9. The highest BCUT2D eigenvalue weighted by atomic mass is 35.5. The molecule has 1 aliphatic rings. The predicted octanol–water partition coefficient (Wildman–Crippen LogP) is 10.6. The van der Waals surface area contributed by atoms with Crippen LogP contribution in [0.4, 0.5) is 10.0 Å². The van der Waals surface area contributed by atoms with Gasteiger partial charge < -0.3 is 41.0 Å². The number of rotatable bonds is 16. The molecule has 376 valence electrons. The summed E-state index contributed by atoms with van der Waals surface area (Å²) in [7, 11) is 0. The van der Waals surface area contributed by atoms with Crippen molar-refractivity contribution in [1.82, 2.24) is 15.1 Å². The van der Waals surface area contributed by atoms with E-state index in [2.05, 4.69) is 16.0 Å². The minimum atomic E-state index is -0.861. The number of hydrogen-bond donors (Lipinski definition) is 4. The zero-order chi connectivity index (χ0) is 52.3. The molecule has 2 heterocycles. The average molecular weight is 1100 g/mol. The second-order valence-electron chi connectivity index (χ2n) is 17.0. The van der Waals surface area contributed by atoms with Crippen LogP contribution in [0.15, 0.2) is 60.7 Å². The van der Waals surface area contributed by atoms with Gasteiger partial charge in [0.05, 0.1) is 30.6 Å². The van der Waals surface area contributed by atoms with E-state index in [9.17, 15) is 38.4 Å². The predicted molar refractivity (Wildman–Crippen MR) is 280 cm³/mol. The summed E-state index contributed by atoms with van der Waals surface area (Å²) < 4.78 is 11.1. The van der Waals surface area contributed by atoms with Crippen LogP contribution in [0.2, 0.25) is 20.1 Å². The number of esters is 2. The van der Waals surface area contributed by atoms with Gasteiger partial charge in [0, 0.05) is 81.3 Å². The van der Waals surface area contributed by atoms with Gasteiger partial charge in [-0.1, -0.05) is 83.5 Å². The molecule has 1 aliphatic carbocycles. The zero-order valence-electron chi connectivity index (χ0n) is 39.3. The first-order valence-corrected chi connectivity index (χ1v) is 25.5. The highest BCUT2D eigenvalue weighted by molar-refractivity contribution is 7.24. The Morgan fingerprint density at radius 2 is 1.10 bits per heavy atom. The number of carbonyl (C=O) groups excluding carboxylic acids is 8. The van der Waals surface area contributed by atoms with Crippen LogP contribution in [0.3, 0.4) is 0 Å². The zero-order valence-corrected chi connectivity index (χ0v) is 43.9. The molecule has 0 bridgehead atoms. The molecule has 6 amide bonds. The van der Waals surface area contributed by atoms with Gasteiger partial charge in [0.2, 0.25) is 11.8 Å². The summed E-state index contributed by atoms with van der Waals surface area (Å²) in [6.07, 6.45) is 4.05. The lowest BCUT2D eigenvalue weighted by atomic mass is 10.1. The van der Waals surface area contributed by atoms with Crippen molar-refractivity contribution in [3.05, 3.63) is 114 Å². The van der Waals surface area contributed by atoms with Gasteiger partial charge in [-0.15, -0.1) is 22.7 Å². The minimum absolute atomic E-state index is 0.0136. The number of halogens is 4. The van der Waals surface area contributed by atoms with Crippen LogP contribution in [0.25, 0.3) is 20.2 Å². The Hall–Kier alpha value is -6.28. The first kappa shape index (κ1) is 53.5. The Morgan fingerprint density at radius 1 is 0.653 bits per heavy atom. The fraction of sp³-hybridized carbons (Fsp3) is 0.280. The van der Waals surface area contributed by atoms with E-state index in [-0.39, 0.29) is 106 Å². The van der Waals surface area contributed by atoms with Gasteiger partial charge in [0.15, 0.2) is 11.5 Å². The Morgan fingerprint density at radius 3 is 1.53 bits per heavy atom. The van der Waals surface area contributed by atoms with Crippen LogP contribution in [0.5, 0.6) is 11.5 Å². The van der Waals surface area contributed by atoms with Crippen LogP contribution < -0.4 is 31.2 Å². The summed E-state index contributed by atoms with van der Waals surface area (Å²) in [4.78, 5) is 107. The van der Waals surface area contributed by atoms with Gasteiger partial charge in [0.1, 0.15) is 20.0 Å². The monoisotopic (exact) mass is 1090 g/mol. The fourth-order valence-electron chi connectivity index (χ4n) is 8.41. The Balaban J connectivity index is 1.06. The molecule has 4 aromatic carbocycles. The van der Waals surface area contributed by atoms with Gasteiger partial charge in [0.25, 0.3) is 23.6 Å². The van der Waals surface area contributed by atoms with Gasteiger partial charge >= 0.3 is 11.9 Å². The molecule has 1 atom stereocenters. The van der Waals surface area contributed by atoms with Gasteiger partial charge in [-0.05, 0) is 67.3 Å². The highest BCUT2D eigenvalue weighted by Gasteiger charge is 2.29. The number of anilines is 2. The molecule has 1 unspecified atom stereocenters. The lowest BCUT2D eigenvalue weighted by Crippen LogP contribution is -2.44. The Kier molecular flexibility index (Phi) is 16.8. The van der Waals surface area contributed by atoms with Gasteiger partial charge in [-0.3, -0.25) is 38.4 Å². The topological polar surface area (TPSA) is 224 Å². The normalized spacial score (nSPS) is 12.8. The molecule has 0 spiro atoms. The van der Waals surface area contributed by atoms with Crippen LogP contribution in [0, 0.1) is 0 Å². The molecule has 1 fully saturated rings. The number of primary amides is 1. The van der Waals surface area contributed by atoms with E-state index in [1.807, 2.05) is 4.90 Å². The summed E-state index contributed by atoms with van der Waals surface area (Å²) >= 11 is 28.0. The maximum atomic E-state index is 14.3. The molecule has 0 radical (unpaired) electrons. The molecule has 1 saturated carbocycles. The van der Waals surface area contributed by atoms with Gasteiger partial charge in [-0.2, -0.15) is 0 Å². The largest absolute Gasteiger partial charge is 0.423 e. The molecule has 0 aliphatic heterocycles. The van der Waals surface area contributed by atoms with Gasteiger partial charge in [-0.25, -0.2) is 0 Å². The van der Waals surface area contributed by atoms with Crippen LogP contribution >= 0.6 is 69.1 Å². The molecule has 5 N–H and O–H groups in total. The van der Waals surface area contributed by atoms with Crippen LogP contribution in [-0.2, 0) is 32.3 Å². The molecular weight excluding hydrogens is 1050 g/mol. The SMILES string of the molecule is CC(=O)Oc1c(Cl)cc2c(C(N)=O)c(NC(=O)c3ccc(CN(C(C)=O)C(C)CNC(=O)c4c(NC(=O)c5ccc(CN(C(C)=O)C6CCCC6)cc5)sc5c(Cl)c(OC(C)=O)c(Cl)cc45)cc3)sc2c1Cl. The summed E-state index contributed by atoms with van der Waals surface area (Å²) in [5.74, 6) is -4.51. The van der Waals surface area contributed by atoms with E-state index in [0.29, 0.717) is 21.5 Å². The molecule has 16 nitrogen and oxygen atoms in total. The number of nitrogens with one attached hydrogen (secondary N) is 3. The minimum Gasteiger partial charge on any atom is -0.423 e. The number of benzene rings is 4. The average Bonchev–Trinajstić information content (AvgIpc) is 4.07. The summed E-state index contributed by atoms with van der Waals surface area (Å²) in [6.45, 7) is 7.47. The summed E-state index contributed by atoms with van der Waals surface area (Å²) in [5.41, 5.74) is 7.66. The number of thiophene rings is 2. The van der Waals surface area contributed by atoms with Crippen molar-refractivity contribution in [2.24, 2.45) is 5.73 Å². The third kappa shape index (κ3) is 11.8. The van der Waals surface area contributed by atoms with Crippen LogP contribution in [-0.4, -0.2) is 75.8 Å². The molecule has 7 rings (SSSR count). The first-order chi connectivity index (χ1) is 34.1. The molecule has 72 heavy (non-hydrogen) atoms. The van der Waals surface area contributed by atoms with E-state index in [0.717, 1.165) is 53.9 Å². The number of fused-ring (bicyclic) bond motifs is 2. The molecule has 6 aromatic rings. The van der Waals surface area contributed by atoms with E-state index in [1.54, 1.807) is 50.2 Å². The van der Waals surface area contributed by atoms with E-state index in [1.165, 1.54) is 49.9 Å². The number of carbonyl (C=O) groups is 8. The maximum Gasteiger partial charge on any atom is 0.308 e. The maximum absolute atomic E-state index is 14.3. The van der Waals surface area contributed by atoms with Crippen molar-refractivity contribution in [3.8, 4) is 11.5 Å². The highest BCUT2D eigenvalue weighted by Crippen LogP contribution is 2.48. The molecule has 0 saturated heterocycles. The number of amides is 6. The second-order valence-corrected chi connectivity index (χ2v) is 20.6. The Labute approximate surface area is 441 Å². The second kappa shape index (κ2) is 22.6. The van der Waals surface area contributed by atoms with Crippen molar-refractivity contribution in [2.75, 3.05) is 17.2 Å². The van der Waals surface area contributed by atoms with Crippen molar-refractivity contribution >= 4 is 147 Å². The molecule has 22 heteroatoms. The van der Waals surface area contributed by atoms with Crippen molar-refractivity contribution in [1.29, 1.82) is 0 Å². The van der Waals surface area contributed by atoms with Crippen molar-refractivity contribution < 1.29 is 47.8 Å². The molecule has 2 aromatic heterocycles. The summed E-state index contributed by atoms with van der Waals surface area (Å²) in [6, 6.07) is 15.6. The quantitative estimate of drug-likeness (QED) is 0.0530. The Bertz CT molecular complexity index is 3190. The smallest absolute Gasteiger partial charge is 0.308 e. The lowest BCUT2D eigenvalue weighted by molar-refractivity contribution is -0.132. The third-order valence-corrected chi connectivity index (χ3v) is 15.7. The van der Waals surface area contributed by atoms with Crippen molar-refractivity contribution in [2.45, 2.75) is 85.5 Å². The third-order valence-electron chi connectivity index (χ3n) is 11.9. The number of nitrogens with two attached hydrogens (primary N) is 1. The number of hydrogen-bond acceptors (Lipinski definition) is 12. The number of nitrogens with zero attached hydrogens (tertiary/aromatic N) is 2. The molecular formula is C50H46Cl4N6O10S2. The van der Waals surface area contributed by atoms with Crippen LogP contribution in [0.1, 0.15) is 113 Å². The lowest BCUT2D eigenvalue weighted by Gasteiger charge is -2.28. The summed E-state index contributed by atoms with van der Waals surface area (Å²) in [5, 5.41) is 8.98. The first-order valence-electron chi connectivity index (χ1n) is 22.3. The van der Waals surface area contributed by atoms with E-state index >= 15 is 0 Å². The van der Waals surface area contributed by atoms with E-state index in [4.69, 9.17) is 61.6 Å². The van der Waals surface area contributed by atoms with E-state index < -0.39 is 41.6 Å². The number of ether oxygens (including phenoxy) is 2.